The first-order chi connectivity index (χ1) is 15.5. The maximum Gasteiger partial charge on any atom is 0.182 e. The number of imidazole rings is 1. The Hall–Kier alpha value is -4.01. The van der Waals surface area contributed by atoms with Crippen LogP contribution < -0.4 is 24.3 Å². The summed E-state index contributed by atoms with van der Waals surface area (Å²) in [6.45, 7) is 3.83. The van der Waals surface area contributed by atoms with E-state index in [1.807, 2.05) is 44.2 Å². The second-order valence-electron chi connectivity index (χ2n) is 7.08. The number of hydrogen-bond acceptors (Lipinski definition) is 8. The quantitative estimate of drug-likeness (QED) is 0.462. The second kappa shape index (κ2) is 8.62. The molecule has 0 aliphatic rings. The molecule has 1 N–H and O–H groups in total. The predicted molar refractivity (Wildman–Crippen MR) is 122 cm³/mol. The second-order valence-corrected chi connectivity index (χ2v) is 7.08. The Morgan fingerprint density at radius 1 is 0.781 bits per heavy atom. The molecule has 0 amide bonds. The number of rotatable bonds is 7. The third-order valence-electron chi connectivity index (χ3n) is 5.10. The van der Waals surface area contributed by atoms with Gasteiger partial charge in [-0.25, -0.2) is 14.5 Å². The van der Waals surface area contributed by atoms with Gasteiger partial charge >= 0.3 is 0 Å². The van der Waals surface area contributed by atoms with E-state index in [0.717, 1.165) is 22.6 Å². The fraction of sp³-hybridized carbons (Fsp3) is 0.261. The first kappa shape index (κ1) is 21.2. The van der Waals surface area contributed by atoms with E-state index in [1.54, 1.807) is 39.0 Å². The number of fused-ring (bicyclic) bond motifs is 1. The molecule has 2 aromatic heterocycles. The van der Waals surface area contributed by atoms with Crippen molar-refractivity contribution >= 4 is 17.0 Å². The Morgan fingerprint density at radius 2 is 1.47 bits per heavy atom. The number of aromatic nitrogens is 4. The highest BCUT2D eigenvalue weighted by molar-refractivity contribution is 5.79. The van der Waals surface area contributed by atoms with Gasteiger partial charge < -0.3 is 24.3 Å². The van der Waals surface area contributed by atoms with Crippen molar-refractivity contribution in [2.75, 3.05) is 33.8 Å². The Morgan fingerprint density at radius 3 is 2.09 bits per heavy atom. The van der Waals surface area contributed by atoms with E-state index < -0.39 is 0 Å². The third-order valence-corrected chi connectivity index (χ3v) is 5.10. The van der Waals surface area contributed by atoms with E-state index in [9.17, 15) is 0 Å². The van der Waals surface area contributed by atoms with E-state index in [2.05, 4.69) is 10.3 Å². The zero-order valence-corrected chi connectivity index (χ0v) is 18.9. The van der Waals surface area contributed by atoms with Crippen LogP contribution in [0.25, 0.3) is 16.9 Å². The van der Waals surface area contributed by atoms with Crippen molar-refractivity contribution in [3.05, 3.63) is 47.9 Å². The van der Waals surface area contributed by atoms with Crippen molar-refractivity contribution in [3.8, 4) is 34.4 Å². The Bertz CT molecular complexity index is 1260. The maximum absolute atomic E-state index is 5.52. The highest BCUT2D eigenvalue weighted by atomic mass is 16.5. The minimum atomic E-state index is 0.486. The molecule has 4 rings (SSSR count). The van der Waals surface area contributed by atoms with Gasteiger partial charge in [-0.2, -0.15) is 0 Å². The number of anilines is 2. The van der Waals surface area contributed by atoms with E-state index in [0.29, 0.717) is 40.3 Å². The van der Waals surface area contributed by atoms with Crippen molar-refractivity contribution in [1.82, 2.24) is 19.6 Å². The van der Waals surface area contributed by atoms with E-state index in [4.69, 9.17) is 29.0 Å². The number of aryl methyl sites for hydroxylation is 2. The van der Waals surface area contributed by atoms with Crippen molar-refractivity contribution < 1.29 is 18.9 Å². The van der Waals surface area contributed by atoms with Crippen LogP contribution in [-0.2, 0) is 0 Å². The van der Waals surface area contributed by atoms with Crippen molar-refractivity contribution in [2.24, 2.45) is 0 Å². The molecule has 0 unspecified atom stereocenters. The molecule has 0 aliphatic carbocycles. The molecule has 2 heterocycles. The highest BCUT2D eigenvalue weighted by Crippen LogP contribution is 2.34. The smallest absolute Gasteiger partial charge is 0.182 e. The summed E-state index contributed by atoms with van der Waals surface area (Å²) < 4.78 is 23.5. The molecule has 0 atom stereocenters. The topological polar surface area (TPSA) is 92.0 Å². The molecule has 0 spiro atoms. The molecule has 9 heteroatoms. The Balaban J connectivity index is 1.92. The Kier molecular flexibility index (Phi) is 5.72. The van der Waals surface area contributed by atoms with Crippen molar-refractivity contribution in [1.29, 1.82) is 0 Å². The lowest BCUT2D eigenvalue weighted by Crippen LogP contribution is -2.06. The lowest BCUT2D eigenvalue weighted by Gasteiger charge is -2.14. The fourth-order valence-electron chi connectivity index (χ4n) is 3.51. The molecule has 2 aromatic carbocycles. The van der Waals surface area contributed by atoms with Crippen LogP contribution in [0.15, 0.2) is 36.4 Å². The van der Waals surface area contributed by atoms with Crippen LogP contribution in [0.2, 0.25) is 0 Å². The van der Waals surface area contributed by atoms with E-state index >= 15 is 0 Å². The average Bonchev–Trinajstić information content (AvgIpc) is 3.11. The summed E-state index contributed by atoms with van der Waals surface area (Å²) in [5.74, 6) is 4.45. The minimum Gasteiger partial charge on any atom is -0.497 e. The van der Waals surface area contributed by atoms with Crippen LogP contribution in [0.1, 0.15) is 11.5 Å². The summed E-state index contributed by atoms with van der Waals surface area (Å²) in [5, 5.41) is 8.11. The lowest BCUT2D eigenvalue weighted by molar-refractivity contribution is 0.394. The molecule has 0 aliphatic heterocycles. The summed E-state index contributed by atoms with van der Waals surface area (Å²) in [6, 6.07) is 11.0. The normalized spacial score (nSPS) is 10.8. The highest BCUT2D eigenvalue weighted by Gasteiger charge is 2.18. The molecule has 166 valence electrons. The van der Waals surface area contributed by atoms with Crippen molar-refractivity contribution in [2.45, 2.75) is 13.8 Å². The van der Waals surface area contributed by atoms with Crippen LogP contribution in [-0.4, -0.2) is 48.0 Å². The monoisotopic (exact) mass is 435 g/mol. The van der Waals surface area contributed by atoms with Gasteiger partial charge in [-0.3, -0.25) is 0 Å². The van der Waals surface area contributed by atoms with Crippen LogP contribution in [0.4, 0.5) is 11.5 Å². The van der Waals surface area contributed by atoms with Gasteiger partial charge in [0.25, 0.3) is 0 Å². The van der Waals surface area contributed by atoms with Gasteiger partial charge in [0, 0.05) is 17.7 Å². The number of methoxy groups -OCH3 is 4. The predicted octanol–water partition coefficient (Wildman–Crippen LogP) is 4.19. The molecular formula is C23H25N5O4. The van der Waals surface area contributed by atoms with E-state index in [1.165, 1.54) is 0 Å². The number of hydrogen-bond donors (Lipinski definition) is 1. The molecule has 0 radical (unpaired) electrons. The van der Waals surface area contributed by atoms with Gasteiger partial charge in [0.2, 0.25) is 0 Å². The molecular weight excluding hydrogens is 410 g/mol. The van der Waals surface area contributed by atoms with Gasteiger partial charge in [-0.05, 0) is 38.1 Å². The van der Waals surface area contributed by atoms with Gasteiger partial charge in [0.1, 0.15) is 34.3 Å². The summed E-state index contributed by atoms with van der Waals surface area (Å²) in [6.07, 6.45) is 0. The molecule has 0 bridgehead atoms. The molecule has 0 saturated carbocycles. The fourth-order valence-corrected chi connectivity index (χ4v) is 3.51. The number of benzene rings is 2. The van der Waals surface area contributed by atoms with Crippen LogP contribution in [0.5, 0.6) is 23.0 Å². The molecule has 9 nitrogen and oxygen atoms in total. The summed E-state index contributed by atoms with van der Waals surface area (Å²) >= 11 is 0. The van der Waals surface area contributed by atoms with Crippen LogP contribution in [0, 0.1) is 13.8 Å². The number of nitrogens with zero attached hydrogens (tertiary/aromatic N) is 4. The standard InChI is InChI=1S/C23H25N5O4/c1-13-21-23(25-19-12-16(29-3)7-8-20(19)32-6)26-22(27-28(21)14(2)24-13)15-9-17(30-4)11-18(10-15)31-5/h7-12H,1-6H3,(H,25,26,27). The maximum atomic E-state index is 5.52. The van der Waals surface area contributed by atoms with Gasteiger partial charge in [-0.1, -0.05) is 0 Å². The van der Waals surface area contributed by atoms with Crippen LogP contribution >= 0.6 is 0 Å². The van der Waals surface area contributed by atoms with Gasteiger partial charge in [-0.15, -0.1) is 5.10 Å². The van der Waals surface area contributed by atoms with Crippen molar-refractivity contribution in [3.63, 3.8) is 0 Å². The SMILES string of the molecule is COc1cc(OC)cc(-c2nc(Nc3cc(OC)ccc3OC)c3c(C)nc(C)n3n2)c1. The number of nitrogens with one attached hydrogen (secondary N) is 1. The molecule has 4 aromatic rings. The molecule has 0 fully saturated rings. The number of ether oxygens (including phenoxy) is 4. The molecule has 32 heavy (non-hydrogen) atoms. The zero-order chi connectivity index (χ0) is 22.8. The van der Waals surface area contributed by atoms with Crippen LogP contribution in [0.3, 0.4) is 0 Å². The first-order valence-corrected chi connectivity index (χ1v) is 9.93. The summed E-state index contributed by atoms with van der Waals surface area (Å²) in [4.78, 5) is 9.42. The first-order valence-electron chi connectivity index (χ1n) is 9.93. The average molecular weight is 435 g/mol. The third kappa shape index (κ3) is 3.84. The van der Waals surface area contributed by atoms with Gasteiger partial charge in [0.05, 0.1) is 39.8 Å². The van der Waals surface area contributed by atoms with E-state index in [-0.39, 0.29) is 0 Å². The lowest BCUT2D eigenvalue weighted by atomic mass is 10.2. The summed E-state index contributed by atoms with van der Waals surface area (Å²) in [7, 11) is 6.44. The molecule has 0 saturated heterocycles. The van der Waals surface area contributed by atoms with Gasteiger partial charge in [0.15, 0.2) is 11.6 Å². The Labute approximate surface area is 185 Å². The minimum absolute atomic E-state index is 0.486. The summed E-state index contributed by atoms with van der Waals surface area (Å²) in [5.41, 5.74) is 3.03. The largest absolute Gasteiger partial charge is 0.497 e. The zero-order valence-electron chi connectivity index (χ0n) is 18.9.